The van der Waals surface area contributed by atoms with Gasteiger partial charge in [-0.3, -0.25) is 10.1 Å². The van der Waals surface area contributed by atoms with Crippen LogP contribution in [0.1, 0.15) is 13.8 Å². The van der Waals surface area contributed by atoms with Crippen molar-refractivity contribution in [1.82, 2.24) is 9.97 Å². The summed E-state index contributed by atoms with van der Waals surface area (Å²) >= 11 is 0. The van der Waals surface area contributed by atoms with Crippen molar-refractivity contribution >= 4 is 11.5 Å². The molecule has 0 saturated heterocycles. The van der Waals surface area contributed by atoms with Crippen LogP contribution in [0.5, 0.6) is 17.4 Å². The number of hydrogen-bond acceptors (Lipinski definition) is 7. The molecular weight excluding hydrogens is 288 g/mol. The monoisotopic (exact) mass is 304 g/mol. The van der Waals surface area contributed by atoms with E-state index in [1.165, 1.54) is 13.4 Å². The summed E-state index contributed by atoms with van der Waals surface area (Å²) in [5, 5.41) is 14.2. The molecule has 0 bridgehead atoms. The molecule has 0 radical (unpaired) electrons. The van der Waals surface area contributed by atoms with E-state index in [0.29, 0.717) is 11.5 Å². The van der Waals surface area contributed by atoms with Crippen LogP contribution in [-0.2, 0) is 0 Å². The summed E-state index contributed by atoms with van der Waals surface area (Å²) in [7, 11) is 1.49. The maximum atomic E-state index is 11.3. The van der Waals surface area contributed by atoms with Crippen LogP contribution in [0, 0.1) is 10.1 Å². The summed E-state index contributed by atoms with van der Waals surface area (Å²) in [5.74, 6) is 0.753. The lowest BCUT2D eigenvalue weighted by molar-refractivity contribution is -0.385. The molecule has 1 N–H and O–H groups in total. The SMILES string of the molecule is COc1ccccc1Oc1ncnc(NC(C)C)c1[N+](=O)[O-]. The highest BCUT2D eigenvalue weighted by Crippen LogP contribution is 2.37. The number of aromatic nitrogens is 2. The molecule has 8 heteroatoms. The van der Waals surface area contributed by atoms with Crippen LogP contribution in [0.4, 0.5) is 11.5 Å². The topological polar surface area (TPSA) is 99.4 Å². The number of benzene rings is 1. The van der Waals surface area contributed by atoms with Crippen molar-refractivity contribution < 1.29 is 14.4 Å². The minimum absolute atomic E-state index is 0.0206. The van der Waals surface area contributed by atoms with Gasteiger partial charge in [0.2, 0.25) is 5.82 Å². The second-order valence-electron chi connectivity index (χ2n) is 4.69. The first-order valence-corrected chi connectivity index (χ1v) is 6.59. The van der Waals surface area contributed by atoms with Gasteiger partial charge in [0.05, 0.1) is 12.0 Å². The maximum absolute atomic E-state index is 11.3. The number of methoxy groups -OCH3 is 1. The molecule has 0 aliphatic carbocycles. The van der Waals surface area contributed by atoms with E-state index in [-0.39, 0.29) is 23.4 Å². The zero-order valence-corrected chi connectivity index (χ0v) is 12.4. The van der Waals surface area contributed by atoms with Gasteiger partial charge in [-0.25, -0.2) is 4.98 Å². The highest BCUT2D eigenvalue weighted by Gasteiger charge is 2.26. The van der Waals surface area contributed by atoms with Crippen molar-refractivity contribution in [2.24, 2.45) is 0 Å². The number of hydrogen-bond donors (Lipinski definition) is 1. The third-order valence-corrected chi connectivity index (χ3v) is 2.67. The molecule has 1 heterocycles. The van der Waals surface area contributed by atoms with E-state index >= 15 is 0 Å². The zero-order valence-electron chi connectivity index (χ0n) is 12.4. The number of rotatable bonds is 6. The first-order chi connectivity index (χ1) is 10.5. The molecule has 8 nitrogen and oxygen atoms in total. The Balaban J connectivity index is 2.44. The number of nitrogens with one attached hydrogen (secondary N) is 1. The van der Waals surface area contributed by atoms with Crippen LogP contribution >= 0.6 is 0 Å². The van der Waals surface area contributed by atoms with E-state index < -0.39 is 4.92 Å². The average Bonchev–Trinajstić information content (AvgIpc) is 2.47. The van der Waals surface area contributed by atoms with E-state index in [9.17, 15) is 10.1 Å². The molecule has 0 amide bonds. The smallest absolute Gasteiger partial charge is 0.373 e. The van der Waals surface area contributed by atoms with E-state index in [2.05, 4.69) is 15.3 Å². The number of ether oxygens (including phenoxy) is 2. The lowest BCUT2D eigenvalue weighted by Crippen LogP contribution is -2.13. The molecule has 2 aromatic rings. The van der Waals surface area contributed by atoms with Crippen molar-refractivity contribution in [2.75, 3.05) is 12.4 Å². The normalized spacial score (nSPS) is 10.4. The molecule has 116 valence electrons. The molecule has 0 spiro atoms. The number of nitrogens with zero attached hydrogens (tertiary/aromatic N) is 3. The molecule has 0 unspecified atom stereocenters. The van der Waals surface area contributed by atoms with Crippen molar-refractivity contribution in [3.05, 3.63) is 40.7 Å². The van der Waals surface area contributed by atoms with Crippen LogP contribution in [0.15, 0.2) is 30.6 Å². The first-order valence-electron chi connectivity index (χ1n) is 6.59. The lowest BCUT2D eigenvalue weighted by atomic mass is 10.3. The van der Waals surface area contributed by atoms with Crippen LogP contribution in [0.25, 0.3) is 0 Å². The Labute approximate surface area is 127 Å². The van der Waals surface area contributed by atoms with Crippen molar-refractivity contribution in [3.63, 3.8) is 0 Å². The lowest BCUT2D eigenvalue weighted by Gasteiger charge is -2.12. The van der Waals surface area contributed by atoms with Crippen molar-refractivity contribution in [2.45, 2.75) is 19.9 Å². The Kier molecular flexibility index (Phi) is 4.72. The van der Waals surface area contributed by atoms with Gasteiger partial charge in [-0.2, -0.15) is 4.98 Å². The van der Waals surface area contributed by atoms with Gasteiger partial charge in [0.15, 0.2) is 11.5 Å². The predicted molar refractivity (Wildman–Crippen MR) is 80.5 cm³/mol. The van der Waals surface area contributed by atoms with Crippen LogP contribution in [-0.4, -0.2) is 28.0 Å². The van der Waals surface area contributed by atoms with Gasteiger partial charge in [-0.15, -0.1) is 0 Å². The van der Waals surface area contributed by atoms with Crippen LogP contribution < -0.4 is 14.8 Å². The number of anilines is 1. The molecule has 0 saturated carbocycles. The van der Waals surface area contributed by atoms with Gasteiger partial charge in [-0.1, -0.05) is 12.1 Å². The Hall–Kier alpha value is -2.90. The number of para-hydroxylation sites is 2. The molecule has 1 aromatic heterocycles. The quantitative estimate of drug-likeness (QED) is 0.646. The van der Waals surface area contributed by atoms with E-state index in [4.69, 9.17) is 9.47 Å². The highest BCUT2D eigenvalue weighted by atomic mass is 16.6. The minimum atomic E-state index is -0.574. The Morgan fingerprint density at radius 3 is 2.50 bits per heavy atom. The molecule has 1 aromatic carbocycles. The summed E-state index contributed by atoms with van der Waals surface area (Å²) in [6, 6.07) is 6.81. The van der Waals surface area contributed by atoms with Gasteiger partial charge in [0, 0.05) is 6.04 Å². The zero-order chi connectivity index (χ0) is 16.1. The van der Waals surface area contributed by atoms with Crippen molar-refractivity contribution in [1.29, 1.82) is 0 Å². The molecule has 0 atom stereocenters. The summed E-state index contributed by atoms with van der Waals surface area (Å²) < 4.78 is 10.7. The van der Waals surface area contributed by atoms with Crippen LogP contribution in [0.2, 0.25) is 0 Å². The van der Waals surface area contributed by atoms with Gasteiger partial charge in [0.1, 0.15) is 6.33 Å². The second-order valence-corrected chi connectivity index (χ2v) is 4.69. The summed E-state index contributed by atoms with van der Waals surface area (Å²) in [6.07, 6.45) is 1.21. The largest absolute Gasteiger partial charge is 0.493 e. The fourth-order valence-corrected chi connectivity index (χ4v) is 1.79. The Morgan fingerprint density at radius 1 is 1.23 bits per heavy atom. The first kappa shape index (κ1) is 15.5. The molecule has 0 fully saturated rings. The fourth-order valence-electron chi connectivity index (χ4n) is 1.79. The van der Waals surface area contributed by atoms with Gasteiger partial charge >= 0.3 is 11.6 Å². The number of nitro groups is 1. The third kappa shape index (κ3) is 3.40. The summed E-state index contributed by atoms with van der Waals surface area (Å²) in [4.78, 5) is 18.5. The summed E-state index contributed by atoms with van der Waals surface area (Å²) in [6.45, 7) is 3.71. The molecular formula is C14H16N4O4. The average molecular weight is 304 g/mol. The molecule has 2 rings (SSSR count). The van der Waals surface area contributed by atoms with Gasteiger partial charge in [0.25, 0.3) is 0 Å². The van der Waals surface area contributed by atoms with E-state index in [1.54, 1.807) is 24.3 Å². The van der Waals surface area contributed by atoms with E-state index in [1.807, 2.05) is 13.8 Å². The Morgan fingerprint density at radius 2 is 1.91 bits per heavy atom. The second kappa shape index (κ2) is 6.70. The van der Waals surface area contributed by atoms with Gasteiger partial charge < -0.3 is 14.8 Å². The minimum Gasteiger partial charge on any atom is -0.493 e. The predicted octanol–water partition coefficient (Wildman–Crippen LogP) is 3.01. The molecule has 0 aliphatic rings. The van der Waals surface area contributed by atoms with Crippen LogP contribution in [0.3, 0.4) is 0 Å². The molecule has 0 aliphatic heterocycles. The molecule has 22 heavy (non-hydrogen) atoms. The Bertz CT molecular complexity index is 676. The van der Waals surface area contributed by atoms with E-state index in [0.717, 1.165) is 0 Å². The van der Waals surface area contributed by atoms with Crippen molar-refractivity contribution in [3.8, 4) is 17.4 Å². The van der Waals surface area contributed by atoms with Gasteiger partial charge in [-0.05, 0) is 26.0 Å². The summed E-state index contributed by atoms with van der Waals surface area (Å²) in [5.41, 5.74) is -0.317. The fraction of sp³-hybridized carbons (Fsp3) is 0.286. The maximum Gasteiger partial charge on any atom is 0.373 e. The standard InChI is InChI=1S/C14H16N4O4/c1-9(2)17-13-12(18(19)20)14(16-8-15-13)22-11-7-5-4-6-10(11)21-3/h4-9H,1-3H3,(H,15,16,17). The highest BCUT2D eigenvalue weighted by molar-refractivity contribution is 5.62. The third-order valence-electron chi connectivity index (χ3n) is 2.67.